The number of halogens is 2. The molecular weight excluding hydrogens is 506 g/mol. The van der Waals surface area contributed by atoms with Gasteiger partial charge in [-0.25, -0.2) is 5.43 Å². The van der Waals surface area contributed by atoms with Crippen LogP contribution >= 0.6 is 27.5 Å². The van der Waals surface area contributed by atoms with Gasteiger partial charge in [0, 0.05) is 10.7 Å². The highest BCUT2D eigenvalue weighted by molar-refractivity contribution is 9.10. The normalized spacial score (nSPS) is 10.8. The van der Waals surface area contributed by atoms with Crippen LogP contribution in [-0.4, -0.2) is 18.0 Å². The smallest absolute Gasteiger partial charge is 0.249 e. The van der Waals surface area contributed by atoms with Gasteiger partial charge < -0.3 is 10.1 Å². The molecule has 3 rings (SSSR count). The van der Waals surface area contributed by atoms with E-state index >= 15 is 0 Å². The molecule has 2 N–H and O–H groups in total. The van der Waals surface area contributed by atoms with E-state index in [9.17, 15) is 9.59 Å². The van der Waals surface area contributed by atoms with E-state index in [2.05, 4.69) is 31.8 Å². The summed E-state index contributed by atoms with van der Waals surface area (Å²) < 4.78 is 6.62. The molecule has 0 aliphatic carbocycles. The van der Waals surface area contributed by atoms with Crippen molar-refractivity contribution in [1.82, 2.24) is 5.43 Å². The number of anilines is 1. The average molecular weight is 529 g/mol. The molecule has 0 fully saturated rings. The SMILES string of the molecule is Cc1ccc(COc2ccc(C=NNC(=O)CC(=O)Nc3ccc(C)c(Cl)c3)cc2Br)cc1. The van der Waals surface area contributed by atoms with E-state index in [0.717, 1.165) is 21.2 Å². The lowest BCUT2D eigenvalue weighted by Crippen LogP contribution is -2.24. The van der Waals surface area contributed by atoms with Crippen LogP contribution in [0.3, 0.4) is 0 Å². The lowest BCUT2D eigenvalue weighted by Gasteiger charge is -2.09. The van der Waals surface area contributed by atoms with Crippen molar-refractivity contribution in [3.63, 3.8) is 0 Å². The molecule has 0 radical (unpaired) electrons. The number of hydrazone groups is 1. The third kappa shape index (κ3) is 7.73. The molecule has 3 aromatic rings. The van der Waals surface area contributed by atoms with E-state index in [1.807, 2.05) is 56.3 Å². The molecule has 0 bridgehead atoms. The molecule has 0 spiro atoms. The highest BCUT2D eigenvalue weighted by atomic mass is 79.9. The Morgan fingerprint density at radius 2 is 1.79 bits per heavy atom. The molecule has 33 heavy (non-hydrogen) atoms. The Balaban J connectivity index is 1.47. The summed E-state index contributed by atoms with van der Waals surface area (Å²) in [7, 11) is 0. The number of hydrogen-bond acceptors (Lipinski definition) is 4. The van der Waals surface area contributed by atoms with Crippen LogP contribution in [0.15, 0.2) is 70.2 Å². The number of benzene rings is 3. The van der Waals surface area contributed by atoms with Crippen LogP contribution in [0.5, 0.6) is 5.75 Å². The first-order valence-electron chi connectivity index (χ1n) is 10.2. The molecule has 0 aromatic heterocycles. The van der Waals surface area contributed by atoms with Crippen LogP contribution < -0.4 is 15.5 Å². The van der Waals surface area contributed by atoms with Gasteiger partial charge in [-0.1, -0.05) is 47.5 Å². The van der Waals surface area contributed by atoms with E-state index in [-0.39, 0.29) is 6.42 Å². The van der Waals surface area contributed by atoms with Gasteiger partial charge in [0.05, 0.1) is 10.7 Å². The fourth-order valence-corrected chi connectivity index (χ4v) is 3.49. The van der Waals surface area contributed by atoms with Crippen molar-refractivity contribution in [3.05, 3.63) is 92.4 Å². The van der Waals surface area contributed by atoms with E-state index in [4.69, 9.17) is 16.3 Å². The van der Waals surface area contributed by atoms with Gasteiger partial charge in [0.1, 0.15) is 18.8 Å². The Morgan fingerprint density at radius 1 is 1.03 bits per heavy atom. The molecule has 0 saturated heterocycles. The molecule has 0 aliphatic rings. The Hall–Kier alpha value is -3.16. The lowest BCUT2D eigenvalue weighted by atomic mass is 10.2. The van der Waals surface area contributed by atoms with Crippen LogP contribution in [-0.2, 0) is 16.2 Å². The summed E-state index contributed by atoms with van der Waals surface area (Å²) in [6.07, 6.45) is 1.13. The van der Waals surface area contributed by atoms with Crippen molar-refractivity contribution in [3.8, 4) is 5.75 Å². The second kappa shape index (κ2) is 11.6. The highest BCUT2D eigenvalue weighted by Gasteiger charge is 2.10. The standard InChI is InChI=1S/C25H23BrClN3O3/c1-16-3-6-18(7-4-16)15-33-23-10-8-19(11-21(23)26)14-28-30-25(32)13-24(31)29-20-9-5-17(2)22(27)12-20/h3-12,14H,13,15H2,1-2H3,(H,29,31)(H,30,32). The number of nitrogens with one attached hydrogen (secondary N) is 2. The van der Waals surface area contributed by atoms with Gasteiger partial charge in [-0.3, -0.25) is 9.59 Å². The number of ether oxygens (including phenoxy) is 1. The first-order valence-corrected chi connectivity index (χ1v) is 11.3. The molecule has 0 atom stereocenters. The summed E-state index contributed by atoms with van der Waals surface area (Å²) in [5.41, 5.74) is 6.82. The predicted molar refractivity (Wildman–Crippen MR) is 135 cm³/mol. The topological polar surface area (TPSA) is 79.8 Å². The number of nitrogens with zero attached hydrogens (tertiary/aromatic N) is 1. The Kier molecular flexibility index (Phi) is 8.63. The molecule has 0 aliphatic heterocycles. The van der Waals surface area contributed by atoms with Crippen molar-refractivity contribution < 1.29 is 14.3 Å². The molecule has 0 saturated carbocycles. The summed E-state index contributed by atoms with van der Waals surface area (Å²) in [5, 5.41) is 7.09. The third-order valence-corrected chi connectivity index (χ3v) is 5.68. The number of hydrogen-bond donors (Lipinski definition) is 2. The molecule has 0 heterocycles. The zero-order valence-electron chi connectivity index (χ0n) is 18.2. The van der Waals surface area contributed by atoms with E-state index in [1.54, 1.807) is 18.2 Å². The van der Waals surface area contributed by atoms with Gasteiger partial charge in [-0.05, 0) is 76.8 Å². The van der Waals surface area contributed by atoms with Gasteiger partial charge >= 0.3 is 0 Å². The quantitative estimate of drug-likeness (QED) is 0.221. The molecular formula is C25H23BrClN3O3. The van der Waals surface area contributed by atoms with Crippen molar-refractivity contribution >= 4 is 51.2 Å². The second-order valence-electron chi connectivity index (χ2n) is 7.45. The van der Waals surface area contributed by atoms with Crippen molar-refractivity contribution in [1.29, 1.82) is 0 Å². The summed E-state index contributed by atoms with van der Waals surface area (Å²) in [6, 6.07) is 18.8. The minimum atomic E-state index is -0.529. The average Bonchev–Trinajstić information content (AvgIpc) is 2.77. The van der Waals surface area contributed by atoms with Crippen LogP contribution in [0.25, 0.3) is 0 Å². The molecule has 3 aromatic carbocycles. The second-order valence-corrected chi connectivity index (χ2v) is 8.71. The largest absolute Gasteiger partial charge is 0.488 e. The maximum Gasteiger partial charge on any atom is 0.249 e. The van der Waals surface area contributed by atoms with Crippen molar-refractivity contribution in [2.24, 2.45) is 5.10 Å². The maximum atomic E-state index is 12.0. The fourth-order valence-electron chi connectivity index (χ4n) is 2.80. The highest BCUT2D eigenvalue weighted by Crippen LogP contribution is 2.26. The minimum Gasteiger partial charge on any atom is -0.488 e. The number of carbonyl (C=O) groups excluding carboxylic acids is 2. The van der Waals surface area contributed by atoms with Gasteiger partial charge in [-0.15, -0.1) is 0 Å². The molecule has 8 heteroatoms. The summed E-state index contributed by atoms with van der Waals surface area (Å²) in [5.74, 6) is -0.288. The first-order chi connectivity index (χ1) is 15.8. The van der Waals surface area contributed by atoms with Gasteiger partial charge in [0.15, 0.2) is 0 Å². The summed E-state index contributed by atoms with van der Waals surface area (Å²) >= 11 is 9.53. The lowest BCUT2D eigenvalue weighted by molar-refractivity contribution is -0.126. The van der Waals surface area contributed by atoms with Crippen LogP contribution in [0.4, 0.5) is 5.69 Å². The molecule has 170 valence electrons. The third-order valence-electron chi connectivity index (χ3n) is 4.65. The van der Waals surface area contributed by atoms with Gasteiger partial charge in [0.25, 0.3) is 0 Å². The number of amides is 2. The number of carbonyl (C=O) groups is 2. The molecule has 0 unspecified atom stereocenters. The van der Waals surface area contributed by atoms with Crippen molar-refractivity contribution in [2.45, 2.75) is 26.9 Å². The maximum absolute atomic E-state index is 12.0. The van der Waals surface area contributed by atoms with Gasteiger partial charge in [-0.2, -0.15) is 5.10 Å². The summed E-state index contributed by atoms with van der Waals surface area (Å²) in [6.45, 7) is 4.36. The Morgan fingerprint density at radius 3 is 2.48 bits per heavy atom. The summed E-state index contributed by atoms with van der Waals surface area (Å²) in [4.78, 5) is 24.0. The molecule has 6 nitrogen and oxygen atoms in total. The van der Waals surface area contributed by atoms with Crippen LogP contribution in [0.2, 0.25) is 5.02 Å². The van der Waals surface area contributed by atoms with E-state index in [1.165, 1.54) is 11.8 Å². The first kappa shape index (κ1) is 24.5. The van der Waals surface area contributed by atoms with Crippen LogP contribution in [0, 0.1) is 13.8 Å². The molecule has 2 amide bonds. The van der Waals surface area contributed by atoms with E-state index in [0.29, 0.717) is 23.1 Å². The predicted octanol–water partition coefficient (Wildman–Crippen LogP) is 5.78. The van der Waals surface area contributed by atoms with Crippen molar-refractivity contribution in [2.75, 3.05) is 5.32 Å². The monoisotopic (exact) mass is 527 g/mol. The van der Waals surface area contributed by atoms with Gasteiger partial charge in [0.2, 0.25) is 11.8 Å². The van der Waals surface area contributed by atoms with Crippen LogP contribution in [0.1, 0.15) is 28.7 Å². The number of rotatable bonds is 8. The Bertz CT molecular complexity index is 1180. The fraction of sp³-hybridized carbons (Fsp3) is 0.160. The minimum absolute atomic E-state index is 0.363. The zero-order chi connectivity index (χ0) is 23.8. The van der Waals surface area contributed by atoms with E-state index < -0.39 is 11.8 Å². The Labute approximate surface area is 206 Å². The zero-order valence-corrected chi connectivity index (χ0v) is 20.5. The number of aryl methyl sites for hydroxylation is 2.